The van der Waals surface area contributed by atoms with E-state index in [1.807, 2.05) is 22.6 Å². The molecule has 0 radical (unpaired) electrons. The fourth-order valence-corrected chi connectivity index (χ4v) is 3.38. The molecular formula is C17H27N5O. The van der Waals surface area contributed by atoms with Gasteiger partial charge >= 0.3 is 0 Å². The number of nitrogens with one attached hydrogen (secondary N) is 1. The van der Waals surface area contributed by atoms with E-state index < -0.39 is 0 Å². The van der Waals surface area contributed by atoms with Crippen molar-refractivity contribution in [1.29, 1.82) is 0 Å². The Morgan fingerprint density at radius 1 is 1.39 bits per heavy atom. The second-order valence-corrected chi connectivity index (χ2v) is 6.39. The van der Waals surface area contributed by atoms with Crippen LogP contribution in [-0.4, -0.2) is 32.2 Å². The van der Waals surface area contributed by atoms with Gasteiger partial charge in [-0.25, -0.2) is 0 Å². The van der Waals surface area contributed by atoms with Gasteiger partial charge in [-0.1, -0.05) is 6.92 Å². The van der Waals surface area contributed by atoms with Gasteiger partial charge in [0.1, 0.15) is 6.10 Å². The summed E-state index contributed by atoms with van der Waals surface area (Å²) in [5.74, 6) is 0. The minimum absolute atomic E-state index is 0.0920. The number of aromatic nitrogens is 4. The summed E-state index contributed by atoms with van der Waals surface area (Å²) in [6.45, 7) is 8.94. The molecule has 6 nitrogen and oxygen atoms in total. The van der Waals surface area contributed by atoms with Crippen molar-refractivity contribution in [1.82, 2.24) is 24.9 Å². The highest BCUT2D eigenvalue weighted by atomic mass is 16.5. The van der Waals surface area contributed by atoms with Gasteiger partial charge in [-0.05, 0) is 26.7 Å². The Labute approximate surface area is 137 Å². The van der Waals surface area contributed by atoms with Gasteiger partial charge in [0, 0.05) is 55.8 Å². The molecule has 0 aromatic carbocycles. The van der Waals surface area contributed by atoms with Gasteiger partial charge in [0.05, 0.1) is 11.9 Å². The molecule has 0 spiro atoms. The topological polar surface area (TPSA) is 56.9 Å². The maximum Gasteiger partial charge on any atom is 0.101 e. The van der Waals surface area contributed by atoms with Gasteiger partial charge in [-0.2, -0.15) is 10.2 Å². The van der Waals surface area contributed by atoms with Gasteiger partial charge in [0.15, 0.2) is 0 Å². The van der Waals surface area contributed by atoms with Crippen LogP contribution in [0.4, 0.5) is 0 Å². The molecule has 0 unspecified atom stereocenters. The standard InChI is InChI=1S/C17H27N5O/c1-5-7-22-11-14(10-19-22)9-18-15-6-8-23-17(15)16-12(2)20-21(4)13(16)3/h10-11,15,17-18H,5-9H2,1-4H3/t15-,17-/m0/s1. The van der Waals surface area contributed by atoms with Crippen LogP contribution in [0.25, 0.3) is 0 Å². The summed E-state index contributed by atoms with van der Waals surface area (Å²) in [6, 6.07) is 0.325. The fourth-order valence-electron chi connectivity index (χ4n) is 3.38. The SMILES string of the molecule is CCCn1cc(CN[C@H]2CCO[C@@H]2c2c(C)nn(C)c2C)cn1. The summed E-state index contributed by atoms with van der Waals surface area (Å²) in [5.41, 5.74) is 4.73. The highest BCUT2D eigenvalue weighted by Gasteiger charge is 2.33. The van der Waals surface area contributed by atoms with Crippen molar-refractivity contribution in [3.63, 3.8) is 0 Å². The quantitative estimate of drug-likeness (QED) is 0.888. The summed E-state index contributed by atoms with van der Waals surface area (Å²) in [7, 11) is 1.99. The van der Waals surface area contributed by atoms with Gasteiger partial charge in [-0.15, -0.1) is 0 Å². The largest absolute Gasteiger partial charge is 0.372 e. The molecule has 1 aliphatic heterocycles. The molecule has 0 aliphatic carbocycles. The Morgan fingerprint density at radius 3 is 2.91 bits per heavy atom. The average molecular weight is 317 g/mol. The van der Waals surface area contributed by atoms with E-state index in [0.717, 1.165) is 38.2 Å². The predicted octanol–water partition coefficient (Wildman–Crippen LogP) is 2.26. The van der Waals surface area contributed by atoms with Crippen LogP contribution in [-0.2, 0) is 24.9 Å². The van der Waals surface area contributed by atoms with E-state index in [1.165, 1.54) is 16.8 Å². The second kappa shape index (κ2) is 6.84. The number of hydrogen-bond acceptors (Lipinski definition) is 4. The molecule has 3 rings (SSSR count). The highest BCUT2D eigenvalue weighted by molar-refractivity contribution is 5.29. The van der Waals surface area contributed by atoms with Crippen LogP contribution in [0.15, 0.2) is 12.4 Å². The Hall–Kier alpha value is -1.66. The zero-order valence-corrected chi connectivity index (χ0v) is 14.5. The highest BCUT2D eigenvalue weighted by Crippen LogP contribution is 2.33. The summed E-state index contributed by atoms with van der Waals surface area (Å²) in [6.07, 6.45) is 6.30. The zero-order valence-electron chi connectivity index (χ0n) is 14.5. The van der Waals surface area contributed by atoms with Crippen LogP contribution in [0.5, 0.6) is 0 Å². The molecule has 23 heavy (non-hydrogen) atoms. The third kappa shape index (κ3) is 3.33. The maximum absolute atomic E-state index is 6.02. The van der Waals surface area contributed by atoms with Crippen LogP contribution in [0, 0.1) is 13.8 Å². The predicted molar refractivity (Wildman–Crippen MR) is 89.1 cm³/mol. The first-order chi connectivity index (χ1) is 11.1. The molecule has 2 atom stereocenters. The first kappa shape index (κ1) is 16.2. The molecule has 1 saturated heterocycles. The van der Waals surface area contributed by atoms with Crippen molar-refractivity contribution in [3.05, 3.63) is 34.9 Å². The van der Waals surface area contributed by atoms with Crippen molar-refractivity contribution in [2.75, 3.05) is 6.61 Å². The van der Waals surface area contributed by atoms with Crippen molar-refractivity contribution >= 4 is 0 Å². The molecule has 0 bridgehead atoms. The van der Waals surface area contributed by atoms with Crippen molar-refractivity contribution in [3.8, 4) is 0 Å². The Balaban J connectivity index is 1.67. The molecule has 126 valence electrons. The van der Waals surface area contributed by atoms with Crippen LogP contribution in [0.1, 0.15) is 48.4 Å². The van der Waals surface area contributed by atoms with E-state index in [2.05, 4.69) is 42.5 Å². The Bertz CT molecular complexity index is 660. The van der Waals surface area contributed by atoms with Gasteiger partial charge in [-0.3, -0.25) is 9.36 Å². The van der Waals surface area contributed by atoms with Gasteiger partial charge in [0.2, 0.25) is 0 Å². The van der Waals surface area contributed by atoms with Crippen LogP contribution in [0.3, 0.4) is 0 Å². The van der Waals surface area contributed by atoms with Crippen molar-refractivity contribution < 1.29 is 4.74 Å². The van der Waals surface area contributed by atoms with E-state index in [4.69, 9.17) is 4.74 Å². The fraction of sp³-hybridized carbons (Fsp3) is 0.647. The van der Waals surface area contributed by atoms with Crippen LogP contribution >= 0.6 is 0 Å². The van der Waals surface area contributed by atoms with Crippen LogP contribution in [0.2, 0.25) is 0 Å². The number of rotatable bonds is 6. The lowest BCUT2D eigenvalue weighted by atomic mass is 10.00. The second-order valence-electron chi connectivity index (χ2n) is 6.39. The third-order valence-electron chi connectivity index (χ3n) is 4.65. The number of ether oxygens (including phenoxy) is 1. The first-order valence-electron chi connectivity index (χ1n) is 8.46. The molecule has 2 aromatic heterocycles. The molecule has 0 amide bonds. The summed E-state index contributed by atoms with van der Waals surface area (Å²) >= 11 is 0. The first-order valence-corrected chi connectivity index (χ1v) is 8.46. The summed E-state index contributed by atoms with van der Waals surface area (Å²) in [4.78, 5) is 0. The Kier molecular flexibility index (Phi) is 4.82. The summed E-state index contributed by atoms with van der Waals surface area (Å²) < 4.78 is 9.97. The number of aryl methyl sites for hydroxylation is 3. The lowest BCUT2D eigenvalue weighted by molar-refractivity contribution is 0.0974. The molecule has 1 N–H and O–H groups in total. The van der Waals surface area contributed by atoms with Crippen molar-refractivity contribution in [2.24, 2.45) is 7.05 Å². The molecule has 3 heterocycles. The Morgan fingerprint density at radius 2 is 2.22 bits per heavy atom. The molecular weight excluding hydrogens is 290 g/mol. The molecule has 6 heteroatoms. The summed E-state index contributed by atoms with van der Waals surface area (Å²) in [5, 5.41) is 12.6. The van der Waals surface area contributed by atoms with Gasteiger partial charge < -0.3 is 10.1 Å². The van der Waals surface area contributed by atoms with E-state index in [1.54, 1.807) is 0 Å². The molecule has 1 fully saturated rings. The maximum atomic E-state index is 6.02. The number of hydrogen-bond donors (Lipinski definition) is 1. The van der Waals surface area contributed by atoms with Gasteiger partial charge in [0.25, 0.3) is 0 Å². The normalized spacial score (nSPS) is 21.2. The molecule has 1 aliphatic rings. The molecule has 2 aromatic rings. The van der Waals surface area contributed by atoms with E-state index in [0.29, 0.717) is 6.04 Å². The zero-order chi connectivity index (χ0) is 16.4. The van der Waals surface area contributed by atoms with E-state index in [-0.39, 0.29) is 6.10 Å². The minimum Gasteiger partial charge on any atom is -0.372 e. The minimum atomic E-state index is 0.0920. The van der Waals surface area contributed by atoms with Crippen LogP contribution < -0.4 is 5.32 Å². The van der Waals surface area contributed by atoms with E-state index in [9.17, 15) is 0 Å². The average Bonchev–Trinajstić information content (AvgIpc) is 3.19. The monoisotopic (exact) mass is 317 g/mol. The lowest BCUT2D eigenvalue weighted by Gasteiger charge is -2.20. The number of nitrogens with zero attached hydrogens (tertiary/aromatic N) is 4. The van der Waals surface area contributed by atoms with E-state index >= 15 is 0 Å². The lowest BCUT2D eigenvalue weighted by Crippen LogP contribution is -2.31. The molecule has 0 saturated carbocycles. The van der Waals surface area contributed by atoms with Crippen molar-refractivity contribution in [2.45, 2.75) is 58.8 Å². The smallest absolute Gasteiger partial charge is 0.101 e. The third-order valence-corrected chi connectivity index (χ3v) is 4.65.